The Labute approximate surface area is 94.7 Å². The third kappa shape index (κ3) is 2.37. The van der Waals surface area contributed by atoms with Crippen LogP contribution < -0.4 is 0 Å². The van der Waals surface area contributed by atoms with Gasteiger partial charge in [-0.15, -0.1) is 5.10 Å². The normalized spacial score (nSPS) is 29.0. The van der Waals surface area contributed by atoms with E-state index in [9.17, 15) is 5.11 Å². The van der Waals surface area contributed by atoms with Gasteiger partial charge in [-0.2, -0.15) is 0 Å². The van der Waals surface area contributed by atoms with Crippen molar-refractivity contribution in [1.82, 2.24) is 9.59 Å². The van der Waals surface area contributed by atoms with Gasteiger partial charge in [-0.25, -0.2) is 0 Å². The lowest BCUT2D eigenvalue weighted by atomic mass is 9.80. The van der Waals surface area contributed by atoms with Gasteiger partial charge in [0.05, 0.1) is 16.7 Å². The van der Waals surface area contributed by atoms with Gasteiger partial charge in [0.2, 0.25) is 0 Å². The fraction of sp³-hybridized carbons (Fsp3) is 0.818. The molecule has 1 unspecified atom stereocenters. The van der Waals surface area contributed by atoms with Crippen molar-refractivity contribution in [2.75, 3.05) is 0 Å². The SMILES string of the molecule is Cc1nnsc1C(O)C1CCC(C)CC1. The van der Waals surface area contributed by atoms with Gasteiger partial charge in [0, 0.05) is 0 Å². The summed E-state index contributed by atoms with van der Waals surface area (Å²) in [4.78, 5) is 0.967. The molecule has 0 saturated heterocycles. The van der Waals surface area contributed by atoms with Crippen LogP contribution in [0.4, 0.5) is 0 Å². The van der Waals surface area contributed by atoms with Crippen molar-refractivity contribution >= 4 is 11.5 Å². The van der Waals surface area contributed by atoms with Crippen molar-refractivity contribution in [3.63, 3.8) is 0 Å². The molecule has 1 aromatic heterocycles. The number of nitrogens with zero attached hydrogens (tertiary/aromatic N) is 2. The molecule has 2 rings (SSSR count). The molecular weight excluding hydrogens is 208 g/mol. The minimum Gasteiger partial charge on any atom is -0.387 e. The maximum atomic E-state index is 10.2. The molecule has 1 N–H and O–H groups in total. The lowest BCUT2D eigenvalue weighted by Gasteiger charge is -2.29. The third-order valence-corrected chi connectivity index (χ3v) is 4.36. The number of hydrogen-bond donors (Lipinski definition) is 1. The first-order chi connectivity index (χ1) is 7.18. The van der Waals surface area contributed by atoms with E-state index in [0.717, 1.165) is 29.3 Å². The van der Waals surface area contributed by atoms with E-state index in [2.05, 4.69) is 16.5 Å². The summed E-state index contributed by atoms with van der Waals surface area (Å²) < 4.78 is 3.88. The van der Waals surface area contributed by atoms with Crippen LogP contribution >= 0.6 is 11.5 Å². The molecule has 1 aromatic rings. The van der Waals surface area contributed by atoms with Crippen LogP contribution in [0.15, 0.2) is 0 Å². The molecular formula is C11H18N2OS. The van der Waals surface area contributed by atoms with Gasteiger partial charge >= 0.3 is 0 Å². The van der Waals surface area contributed by atoms with Gasteiger partial charge in [0.1, 0.15) is 0 Å². The fourth-order valence-electron chi connectivity index (χ4n) is 2.32. The van der Waals surface area contributed by atoms with Gasteiger partial charge in [0.25, 0.3) is 0 Å². The Morgan fingerprint density at radius 1 is 1.33 bits per heavy atom. The van der Waals surface area contributed by atoms with Gasteiger partial charge < -0.3 is 5.11 Å². The summed E-state index contributed by atoms with van der Waals surface area (Å²) in [6.45, 7) is 4.22. The Hall–Kier alpha value is -0.480. The monoisotopic (exact) mass is 226 g/mol. The highest BCUT2D eigenvalue weighted by Gasteiger charge is 2.28. The summed E-state index contributed by atoms with van der Waals surface area (Å²) in [5.74, 6) is 1.25. The zero-order chi connectivity index (χ0) is 10.8. The first kappa shape index (κ1) is 11.0. The van der Waals surface area contributed by atoms with Crippen molar-refractivity contribution < 1.29 is 5.11 Å². The van der Waals surface area contributed by atoms with Crippen LogP contribution in [0.1, 0.15) is 49.3 Å². The summed E-state index contributed by atoms with van der Waals surface area (Å²) in [6.07, 6.45) is 4.43. The highest BCUT2D eigenvalue weighted by Crippen LogP contribution is 2.38. The molecule has 1 aliphatic carbocycles. The number of aryl methyl sites for hydroxylation is 1. The van der Waals surface area contributed by atoms with Crippen molar-refractivity contribution in [2.24, 2.45) is 11.8 Å². The van der Waals surface area contributed by atoms with Crippen molar-refractivity contribution in [1.29, 1.82) is 0 Å². The Bertz CT molecular complexity index is 318. The summed E-state index contributed by atoms with van der Waals surface area (Å²) in [5.41, 5.74) is 0.895. The Morgan fingerprint density at radius 3 is 2.53 bits per heavy atom. The van der Waals surface area contributed by atoms with Gasteiger partial charge in [-0.1, -0.05) is 24.3 Å². The van der Waals surface area contributed by atoms with E-state index in [1.165, 1.54) is 24.4 Å². The molecule has 4 heteroatoms. The average molecular weight is 226 g/mol. The van der Waals surface area contributed by atoms with E-state index in [-0.39, 0.29) is 6.10 Å². The maximum absolute atomic E-state index is 10.2. The minimum absolute atomic E-state index is 0.336. The van der Waals surface area contributed by atoms with Crippen LogP contribution in [0.5, 0.6) is 0 Å². The highest BCUT2D eigenvalue weighted by molar-refractivity contribution is 7.05. The summed E-state index contributed by atoms with van der Waals surface area (Å²) in [6, 6.07) is 0. The van der Waals surface area contributed by atoms with Gasteiger partial charge in [-0.3, -0.25) is 0 Å². The fourth-order valence-corrected chi connectivity index (χ4v) is 3.05. The van der Waals surface area contributed by atoms with Gasteiger partial charge in [0.15, 0.2) is 0 Å². The highest BCUT2D eigenvalue weighted by atomic mass is 32.1. The molecule has 0 aliphatic heterocycles. The third-order valence-electron chi connectivity index (χ3n) is 3.46. The molecule has 3 nitrogen and oxygen atoms in total. The standard InChI is InChI=1S/C11H18N2OS/c1-7-3-5-9(6-4-7)10(14)11-8(2)12-13-15-11/h7,9-10,14H,3-6H2,1-2H3. The van der Waals surface area contributed by atoms with E-state index in [0.29, 0.717) is 5.92 Å². The maximum Gasteiger partial charge on any atom is 0.0945 e. The largest absolute Gasteiger partial charge is 0.387 e. The zero-order valence-electron chi connectivity index (χ0n) is 9.31. The van der Waals surface area contributed by atoms with Crippen LogP contribution in [0.2, 0.25) is 0 Å². The van der Waals surface area contributed by atoms with E-state index < -0.39 is 0 Å². The van der Waals surface area contributed by atoms with Crippen molar-refractivity contribution in [3.8, 4) is 0 Å². The van der Waals surface area contributed by atoms with Gasteiger partial charge in [-0.05, 0) is 43.1 Å². The summed E-state index contributed by atoms with van der Waals surface area (Å²) >= 11 is 1.34. The number of rotatable bonds is 2. The molecule has 1 fully saturated rings. The molecule has 0 radical (unpaired) electrons. The molecule has 0 aromatic carbocycles. The van der Waals surface area contributed by atoms with E-state index in [4.69, 9.17) is 0 Å². The number of aliphatic hydroxyl groups is 1. The Balaban J connectivity index is 2.02. The molecule has 84 valence electrons. The molecule has 15 heavy (non-hydrogen) atoms. The average Bonchev–Trinajstić information content (AvgIpc) is 2.65. The quantitative estimate of drug-likeness (QED) is 0.843. The van der Waals surface area contributed by atoms with E-state index >= 15 is 0 Å². The minimum atomic E-state index is -0.336. The van der Waals surface area contributed by atoms with Crippen LogP contribution in [0.3, 0.4) is 0 Å². The van der Waals surface area contributed by atoms with Crippen LogP contribution in [0, 0.1) is 18.8 Å². The lowest BCUT2D eigenvalue weighted by molar-refractivity contribution is 0.0778. The second-order valence-corrected chi connectivity index (χ2v) is 5.47. The first-order valence-electron chi connectivity index (χ1n) is 5.65. The molecule has 0 bridgehead atoms. The molecule has 1 aliphatic rings. The molecule has 0 spiro atoms. The number of aliphatic hydroxyl groups excluding tert-OH is 1. The Kier molecular flexibility index (Phi) is 3.36. The molecule has 1 atom stereocenters. The number of hydrogen-bond acceptors (Lipinski definition) is 4. The lowest BCUT2D eigenvalue weighted by Crippen LogP contribution is -2.19. The zero-order valence-corrected chi connectivity index (χ0v) is 10.1. The van der Waals surface area contributed by atoms with Crippen LogP contribution in [-0.4, -0.2) is 14.7 Å². The summed E-state index contributed by atoms with van der Waals surface area (Å²) in [7, 11) is 0. The van der Waals surface area contributed by atoms with Crippen LogP contribution in [0.25, 0.3) is 0 Å². The second kappa shape index (κ2) is 4.58. The number of aromatic nitrogens is 2. The predicted molar refractivity (Wildman–Crippen MR) is 60.7 cm³/mol. The predicted octanol–water partition coefficient (Wildman–Crippen LogP) is 2.71. The van der Waals surface area contributed by atoms with Crippen LogP contribution in [-0.2, 0) is 0 Å². The summed E-state index contributed by atoms with van der Waals surface area (Å²) in [5, 5.41) is 14.2. The van der Waals surface area contributed by atoms with Crippen molar-refractivity contribution in [3.05, 3.63) is 10.6 Å². The van der Waals surface area contributed by atoms with E-state index in [1.54, 1.807) is 0 Å². The smallest absolute Gasteiger partial charge is 0.0945 e. The van der Waals surface area contributed by atoms with Crippen molar-refractivity contribution in [2.45, 2.75) is 45.6 Å². The Morgan fingerprint density at radius 2 is 2.00 bits per heavy atom. The second-order valence-electron chi connectivity index (χ2n) is 4.69. The topological polar surface area (TPSA) is 46.0 Å². The molecule has 0 amide bonds. The van der Waals surface area contributed by atoms with E-state index in [1.807, 2.05) is 6.92 Å². The first-order valence-corrected chi connectivity index (χ1v) is 6.42. The molecule has 1 heterocycles. The molecule has 1 saturated carbocycles.